The highest BCUT2D eigenvalue weighted by Crippen LogP contribution is 2.08. The first kappa shape index (κ1) is 11.5. The topological polar surface area (TPSA) is 37.8 Å². The molecule has 4 heteroatoms. The number of nitrogens with one attached hydrogen (secondary N) is 1. The zero-order valence-electron chi connectivity index (χ0n) is 8.57. The van der Waals surface area contributed by atoms with Crippen LogP contribution < -0.4 is 5.32 Å². The lowest BCUT2D eigenvalue weighted by Crippen LogP contribution is -2.14. The van der Waals surface area contributed by atoms with Crippen molar-refractivity contribution in [2.24, 2.45) is 0 Å². The van der Waals surface area contributed by atoms with Crippen molar-refractivity contribution in [2.45, 2.75) is 31.3 Å². The maximum atomic E-state index is 4.12. The smallest absolute Gasteiger partial charge is 0.188 e. The zero-order chi connectivity index (χ0) is 10.1. The number of hydrogen-bond acceptors (Lipinski definition) is 4. The van der Waals surface area contributed by atoms with Crippen LogP contribution >= 0.6 is 11.8 Å². The number of nitrogens with zero attached hydrogens (tertiary/aromatic N) is 2. The molecule has 0 aliphatic rings. The van der Waals surface area contributed by atoms with Crippen LogP contribution in [0.3, 0.4) is 0 Å². The Labute approximate surface area is 89.7 Å². The minimum absolute atomic E-state index is 0.843. The van der Waals surface area contributed by atoms with Gasteiger partial charge >= 0.3 is 0 Å². The molecule has 0 saturated heterocycles. The van der Waals surface area contributed by atoms with Crippen molar-refractivity contribution in [1.29, 1.82) is 0 Å². The molecule has 0 radical (unpaired) electrons. The fourth-order valence-electron chi connectivity index (χ4n) is 1.05. The third kappa shape index (κ3) is 5.19. The van der Waals surface area contributed by atoms with Crippen molar-refractivity contribution in [3.8, 4) is 0 Å². The lowest BCUT2D eigenvalue weighted by molar-refractivity contribution is 0.659. The lowest BCUT2D eigenvalue weighted by Gasteiger charge is -2.02. The van der Waals surface area contributed by atoms with Gasteiger partial charge in [0.15, 0.2) is 5.16 Å². The van der Waals surface area contributed by atoms with Gasteiger partial charge < -0.3 is 5.32 Å². The average molecular weight is 211 g/mol. The van der Waals surface area contributed by atoms with E-state index in [1.807, 2.05) is 6.07 Å². The summed E-state index contributed by atoms with van der Waals surface area (Å²) in [4.78, 5) is 8.25. The summed E-state index contributed by atoms with van der Waals surface area (Å²) < 4.78 is 0. The van der Waals surface area contributed by atoms with Crippen LogP contribution in [0.5, 0.6) is 0 Å². The summed E-state index contributed by atoms with van der Waals surface area (Å²) in [5, 5.41) is 4.19. The van der Waals surface area contributed by atoms with Gasteiger partial charge in [0.05, 0.1) is 0 Å². The molecule has 1 N–H and O–H groups in total. The first-order chi connectivity index (χ1) is 6.93. The first-order valence-electron chi connectivity index (χ1n) is 5.04. The van der Waals surface area contributed by atoms with E-state index < -0.39 is 0 Å². The molecule has 1 rings (SSSR count). The van der Waals surface area contributed by atoms with Gasteiger partial charge in [0, 0.05) is 18.3 Å². The third-order valence-electron chi connectivity index (χ3n) is 1.80. The van der Waals surface area contributed by atoms with Crippen LogP contribution in [0.25, 0.3) is 0 Å². The van der Waals surface area contributed by atoms with Crippen molar-refractivity contribution in [3.05, 3.63) is 18.5 Å². The van der Waals surface area contributed by atoms with E-state index in [9.17, 15) is 0 Å². The fraction of sp³-hybridized carbons (Fsp3) is 0.600. The molecule has 0 aliphatic carbocycles. The molecule has 1 aromatic heterocycles. The van der Waals surface area contributed by atoms with Crippen LogP contribution in [0.2, 0.25) is 0 Å². The first-order valence-corrected chi connectivity index (χ1v) is 6.02. The fourth-order valence-corrected chi connectivity index (χ4v) is 1.69. The largest absolute Gasteiger partial charge is 0.307 e. The molecule has 0 bridgehead atoms. The molecule has 3 nitrogen and oxygen atoms in total. The summed E-state index contributed by atoms with van der Waals surface area (Å²) in [5.41, 5.74) is 0. The normalized spacial score (nSPS) is 10.4. The second-order valence-corrected chi connectivity index (χ2v) is 3.97. The summed E-state index contributed by atoms with van der Waals surface area (Å²) in [6.45, 7) is 3.31. The van der Waals surface area contributed by atoms with Gasteiger partial charge in [-0.05, 0) is 19.0 Å². The van der Waals surface area contributed by atoms with E-state index in [1.54, 1.807) is 24.2 Å². The lowest BCUT2D eigenvalue weighted by atomic mass is 10.2. The summed E-state index contributed by atoms with van der Waals surface area (Å²) >= 11 is 1.65. The Morgan fingerprint density at radius 3 is 2.79 bits per heavy atom. The second kappa shape index (κ2) is 7.76. The molecule has 0 fully saturated rings. The minimum Gasteiger partial charge on any atom is -0.307 e. The van der Waals surface area contributed by atoms with Crippen molar-refractivity contribution >= 4 is 11.8 Å². The van der Waals surface area contributed by atoms with Crippen molar-refractivity contribution in [2.75, 3.05) is 12.4 Å². The highest BCUT2D eigenvalue weighted by Gasteiger charge is 1.93. The Morgan fingerprint density at radius 1 is 1.29 bits per heavy atom. The molecule has 0 spiro atoms. The minimum atomic E-state index is 0.843. The quantitative estimate of drug-likeness (QED) is 0.325. The second-order valence-electron chi connectivity index (χ2n) is 3.03. The van der Waals surface area contributed by atoms with Crippen LogP contribution in [0.1, 0.15) is 26.2 Å². The maximum absolute atomic E-state index is 4.12. The van der Waals surface area contributed by atoms with E-state index in [2.05, 4.69) is 22.2 Å². The van der Waals surface area contributed by atoms with Gasteiger partial charge in [-0.2, -0.15) is 0 Å². The molecular weight excluding hydrogens is 194 g/mol. The predicted molar refractivity (Wildman–Crippen MR) is 60.3 cm³/mol. The molecule has 0 atom stereocenters. The van der Waals surface area contributed by atoms with Gasteiger partial charge in [0.25, 0.3) is 0 Å². The average Bonchev–Trinajstić information content (AvgIpc) is 2.25. The summed E-state index contributed by atoms with van der Waals surface area (Å²) in [6, 6.07) is 1.83. The molecule has 0 amide bonds. The van der Waals surface area contributed by atoms with Crippen LogP contribution in [0.15, 0.2) is 23.6 Å². The summed E-state index contributed by atoms with van der Waals surface area (Å²) in [6.07, 6.45) is 7.38. The van der Waals surface area contributed by atoms with E-state index in [0.29, 0.717) is 0 Å². The number of unbranched alkanes of at least 4 members (excludes halogenated alkanes) is 2. The van der Waals surface area contributed by atoms with Crippen molar-refractivity contribution < 1.29 is 0 Å². The van der Waals surface area contributed by atoms with Crippen LogP contribution in [0, 0.1) is 0 Å². The monoisotopic (exact) mass is 211 g/mol. The molecule has 0 aliphatic heterocycles. The summed E-state index contributed by atoms with van der Waals surface area (Å²) in [5.74, 6) is 0.897. The number of hydrogen-bond donors (Lipinski definition) is 1. The number of aromatic nitrogens is 2. The Bertz CT molecular complexity index is 228. The standard InChI is InChI=1S/C10H17N3S/c1-2-3-4-6-11-9-14-10-12-7-5-8-13-10/h5,7-8,11H,2-4,6,9H2,1H3. The number of thioether (sulfide) groups is 1. The molecule has 14 heavy (non-hydrogen) atoms. The highest BCUT2D eigenvalue weighted by molar-refractivity contribution is 7.99. The molecule has 0 saturated carbocycles. The molecule has 78 valence electrons. The Kier molecular flexibility index (Phi) is 6.36. The Hall–Kier alpha value is -0.610. The van der Waals surface area contributed by atoms with Gasteiger partial charge in [-0.15, -0.1) is 0 Å². The SMILES string of the molecule is CCCCCNCSc1ncccn1. The Morgan fingerprint density at radius 2 is 2.07 bits per heavy atom. The molecule has 0 aromatic carbocycles. The van der Waals surface area contributed by atoms with Crippen LogP contribution in [-0.4, -0.2) is 22.4 Å². The van der Waals surface area contributed by atoms with Gasteiger partial charge in [0.2, 0.25) is 0 Å². The van der Waals surface area contributed by atoms with E-state index in [1.165, 1.54) is 19.3 Å². The number of rotatable bonds is 7. The van der Waals surface area contributed by atoms with Gasteiger partial charge in [0.1, 0.15) is 0 Å². The highest BCUT2D eigenvalue weighted by atomic mass is 32.2. The van der Waals surface area contributed by atoms with E-state index in [4.69, 9.17) is 0 Å². The third-order valence-corrected chi connectivity index (χ3v) is 2.62. The molecule has 1 heterocycles. The maximum Gasteiger partial charge on any atom is 0.188 e. The van der Waals surface area contributed by atoms with E-state index in [0.717, 1.165) is 17.6 Å². The summed E-state index contributed by atoms with van der Waals surface area (Å²) in [7, 11) is 0. The van der Waals surface area contributed by atoms with Crippen LogP contribution in [0.4, 0.5) is 0 Å². The Balaban J connectivity index is 1.99. The van der Waals surface area contributed by atoms with Crippen molar-refractivity contribution in [1.82, 2.24) is 15.3 Å². The predicted octanol–water partition coefficient (Wildman–Crippen LogP) is 2.31. The zero-order valence-corrected chi connectivity index (χ0v) is 9.39. The molecular formula is C10H17N3S. The van der Waals surface area contributed by atoms with E-state index in [-0.39, 0.29) is 0 Å². The molecule has 1 aromatic rings. The van der Waals surface area contributed by atoms with Crippen LogP contribution in [-0.2, 0) is 0 Å². The van der Waals surface area contributed by atoms with Crippen molar-refractivity contribution in [3.63, 3.8) is 0 Å². The van der Waals surface area contributed by atoms with Gasteiger partial charge in [-0.1, -0.05) is 31.5 Å². The van der Waals surface area contributed by atoms with Gasteiger partial charge in [-0.3, -0.25) is 0 Å². The van der Waals surface area contributed by atoms with Gasteiger partial charge in [-0.25, -0.2) is 9.97 Å². The molecule has 0 unspecified atom stereocenters. The van der Waals surface area contributed by atoms with E-state index >= 15 is 0 Å².